The summed E-state index contributed by atoms with van der Waals surface area (Å²) in [6, 6.07) is 13.2. The number of benzene rings is 1. The molecule has 0 aliphatic carbocycles. The van der Waals surface area contributed by atoms with Crippen LogP contribution in [0.25, 0.3) is 21.4 Å². The van der Waals surface area contributed by atoms with Crippen molar-refractivity contribution in [3.05, 3.63) is 47.5 Å². The van der Waals surface area contributed by atoms with E-state index in [9.17, 15) is 0 Å². The van der Waals surface area contributed by atoms with E-state index in [1.165, 1.54) is 10.1 Å². The van der Waals surface area contributed by atoms with Gasteiger partial charge < -0.3 is 9.73 Å². The highest BCUT2D eigenvalue weighted by Crippen LogP contribution is 2.28. The molecule has 1 N–H and O–H groups in total. The topological polar surface area (TPSA) is 25.2 Å². The molecule has 2 heterocycles. The highest BCUT2D eigenvalue weighted by atomic mass is 32.1. The maximum Gasteiger partial charge on any atom is 0.134 e. The first-order chi connectivity index (χ1) is 9.76. The molecular weight excluding hydrogens is 266 g/mol. The van der Waals surface area contributed by atoms with Crippen LogP contribution in [0.5, 0.6) is 0 Å². The number of fused-ring (bicyclic) bond motifs is 1. The molecule has 104 valence electrons. The first-order valence-electron chi connectivity index (χ1n) is 7.06. The van der Waals surface area contributed by atoms with Gasteiger partial charge in [-0.1, -0.05) is 6.92 Å². The van der Waals surface area contributed by atoms with Crippen LogP contribution in [0.2, 0.25) is 0 Å². The Bertz CT molecular complexity index is 698. The second-order valence-electron chi connectivity index (χ2n) is 5.10. The fourth-order valence-electron chi connectivity index (χ4n) is 2.49. The van der Waals surface area contributed by atoms with Crippen LogP contribution in [0.15, 0.2) is 46.2 Å². The molecule has 1 unspecified atom stereocenters. The van der Waals surface area contributed by atoms with Gasteiger partial charge in [-0.05, 0) is 60.6 Å². The Hall–Kier alpha value is -1.58. The minimum Gasteiger partial charge on any atom is -0.461 e. The smallest absolute Gasteiger partial charge is 0.134 e. The van der Waals surface area contributed by atoms with E-state index >= 15 is 0 Å². The van der Waals surface area contributed by atoms with Crippen LogP contribution in [0.3, 0.4) is 0 Å². The highest BCUT2D eigenvalue weighted by Gasteiger charge is 2.09. The van der Waals surface area contributed by atoms with E-state index in [4.69, 9.17) is 4.42 Å². The van der Waals surface area contributed by atoms with Crippen molar-refractivity contribution in [1.82, 2.24) is 5.32 Å². The van der Waals surface area contributed by atoms with Crippen LogP contribution in [0.4, 0.5) is 0 Å². The molecule has 0 saturated heterocycles. The molecule has 2 aromatic heterocycles. The Kier molecular flexibility index (Phi) is 3.90. The molecule has 0 aliphatic rings. The third-order valence-corrected chi connectivity index (χ3v) is 4.36. The first kappa shape index (κ1) is 13.4. The average Bonchev–Trinajstić information content (AvgIpc) is 3.06. The summed E-state index contributed by atoms with van der Waals surface area (Å²) in [6.07, 6.45) is 0.925. The lowest BCUT2D eigenvalue weighted by Crippen LogP contribution is -2.27. The Morgan fingerprint density at radius 1 is 1.20 bits per heavy atom. The van der Waals surface area contributed by atoms with Gasteiger partial charge in [-0.15, -0.1) is 11.3 Å². The molecule has 3 rings (SSSR count). The normalized spacial score (nSPS) is 12.9. The van der Waals surface area contributed by atoms with Crippen molar-refractivity contribution in [2.45, 2.75) is 26.3 Å². The van der Waals surface area contributed by atoms with Crippen molar-refractivity contribution < 1.29 is 4.42 Å². The minimum atomic E-state index is 0.443. The third kappa shape index (κ3) is 2.79. The average molecular weight is 285 g/mol. The van der Waals surface area contributed by atoms with Crippen LogP contribution in [-0.4, -0.2) is 12.6 Å². The monoisotopic (exact) mass is 285 g/mol. The molecule has 3 aromatic rings. The largest absolute Gasteiger partial charge is 0.461 e. The molecule has 20 heavy (non-hydrogen) atoms. The van der Waals surface area contributed by atoms with Gasteiger partial charge in [0.2, 0.25) is 0 Å². The van der Waals surface area contributed by atoms with Crippen LogP contribution < -0.4 is 5.32 Å². The van der Waals surface area contributed by atoms with Gasteiger partial charge in [0.1, 0.15) is 11.5 Å². The molecule has 2 nitrogen and oxygen atoms in total. The van der Waals surface area contributed by atoms with Crippen molar-refractivity contribution in [3.8, 4) is 11.3 Å². The van der Waals surface area contributed by atoms with Crippen LogP contribution in [0.1, 0.15) is 19.6 Å². The van der Waals surface area contributed by atoms with Gasteiger partial charge in [0.05, 0.1) is 0 Å². The summed E-state index contributed by atoms with van der Waals surface area (Å²) in [6.45, 7) is 5.30. The van der Waals surface area contributed by atoms with Crippen molar-refractivity contribution in [2.75, 3.05) is 6.54 Å². The van der Waals surface area contributed by atoms with Gasteiger partial charge in [-0.3, -0.25) is 0 Å². The second kappa shape index (κ2) is 5.81. The number of hydrogen-bond acceptors (Lipinski definition) is 3. The minimum absolute atomic E-state index is 0.443. The van der Waals surface area contributed by atoms with Crippen molar-refractivity contribution >= 4 is 21.4 Å². The summed E-state index contributed by atoms with van der Waals surface area (Å²) in [5.41, 5.74) is 1.15. The summed E-state index contributed by atoms with van der Waals surface area (Å²) in [5.74, 6) is 2.00. The zero-order valence-electron chi connectivity index (χ0n) is 11.8. The molecule has 0 radical (unpaired) electrons. The number of rotatable bonds is 5. The van der Waals surface area contributed by atoms with Crippen molar-refractivity contribution in [2.24, 2.45) is 0 Å². The number of hydrogen-bond donors (Lipinski definition) is 1. The van der Waals surface area contributed by atoms with E-state index in [2.05, 4.69) is 60.9 Å². The van der Waals surface area contributed by atoms with Gasteiger partial charge >= 0.3 is 0 Å². The lowest BCUT2D eigenvalue weighted by atomic mass is 10.1. The van der Waals surface area contributed by atoms with E-state index in [1.807, 2.05) is 0 Å². The zero-order chi connectivity index (χ0) is 13.9. The second-order valence-corrected chi connectivity index (χ2v) is 6.05. The van der Waals surface area contributed by atoms with Crippen LogP contribution in [-0.2, 0) is 6.42 Å². The lowest BCUT2D eigenvalue weighted by Gasteiger charge is -2.09. The summed E-state index contributed by atoms with van der Waals surface area (Å²) in [4.78, 5) is 0. The number of likely N-dealkylation sites (N-methyl/N-ethyl adjacent to an activating group) is 1. The summed E-state index contributed by atoms with van der Waals surface area (Å²) in [7, 11) is 0. The molecule has 1 aromatic carbocycles. The van der Waals surface area contributed by atoms with Gasteiger partial charge in [0, 0.05) is 22.7 Å². The van der Waals surface area contributed by atoms with Crippen molar-refractivity contribution in [3.63, 3.8) is 0 Å². The van der Waals surface area contributed by atoms with Gasteiger partial charge in [0.25, 0.3) is 0 Å². The van der Waals surface area contributed by atoms with E-state index < -0.39 is 0 Å². The van der Waals surface area contributed by atoms with E-state index in [-0.39, 0.29) is 0 Å². The fraction of sp³-hybridized carbons (Fsp3) is 0.294. The number of thiophene rings is 1. The molecule has 0 aliphatic heterocycles. The number of furan rings is 1. The molecule has 0 saturated carbocycles. The third-order valence-electron chi connectivity index (χ3n) is 3.46. The lowest BCUT2D eigenvalue weighted by molar-refractivity contribution is 0.470. The van der Waals surface area contributed by atoms with Gasteiger partial charge in [0.15, 0.2) is 0 Å². The molecule has 0 spiro atoms. The van der Waals surface area contributed by atoms with E-state index in [0.29, 0.717) is 6.04 Å². The summed E-state index contributed by atoms with van der Waals surface area (Å²) in [5, 5.41) is 6.81. The summed E-state index contributed by atoms with van der Waals surface area (Å²) < 4.78 is 7.30. The maximum absolute atomic E-state index is 5.98. The van der Waals surface area contributed by atoms with Crippen molar-refractivity contribution in [1.29, 1.82) is 0 Å². The Morgan fingerprint density at radius 2 is 2.10 bits per heavy atom. The highest BCUT2D eigenvalue weighted by molar-refractivity contribution is 7.17. The zero-order valence-corrected chi connectivity index (χ0v) is 12.7. The SMILES string of the molecule is CCNC(C)Cc1ccc(-c2ccc3sccc3c2)o1. The van der Waals surface area contributed by atoms with E-state index in [1.54, 1.807) is 11.3 Å². The summed E-state index contributed by atoms with van der Waals surface area (Å²) >= 11 is 1.77. The molecule has 3 heteroatoms. The molecule has 0 bridgehead atoms. The van der Waals surface area contributed by atoms with Gasteiger partial charge in [-0.2, -0.15) is 0 Å². The Balaban J connectivity index is 1.81. The quantitative estimate of drug-likeness (QED) is 0.735. The van der Waals surface area contributed by atoms with Crippen LogP contribution >= 0.6 is 11.3 Å². The predicted octanol–water partition coefficient (Wildman–Crippen LogP) is 4.70. The molecule has 1 atom stereocenters. The Labute approximate surface area is 123 Å². The molecule has 0 fully saturated rings. The fourth-order valence-corrected chi connectivity index (χ4v) is 3.26. The molecular formula is C17H19NOS. The van der Waals surface area contributed by atoms with E-state index in [0.717, 1.165) is 30.0 Å². The Morgan fingerprint density at radius 3 is 2.95 bits per heavy atom. The number of nitrogens with one attached hydrogen (secondary N) is 1. The van der Waals surface area contributed by atoms with Crippen LogP contribution in [0, 0.1) is 0 Å². The standard InChI is InChI=1S/C17H19NOS/c1-3-18-12(2)10-15-5-6-16(19-15)13-4-7-17-14(11-13)8-9-20-17/h4-9,11-12,18H,3,10H2,1-2H3. The first-order valence-corrected chi connectivity index (χ1v) is 7.94. The predicted molar refractivity (Wildman–Crippen MR) is 86.4 cm³/mol. The maximum atomic E-state index is 5.98. The molecule has 0 amide bonds. The van der Waals surface area contributed by atoms with Gasteiger partial charge in [-0.25, -0.2) is 0 Å².